The lowest BCUT2D eigenvalue weighted by Crippen LogP contribution is -2.34. The molecule has 0 radical (unpaired) electrons. The molecule has 0 saturated heterocycles. The first kappa shape index (κ1) is 17.8. The average molecular weight is 314 g/mol. The Morgan fingerprint density at radius 2 is 2.05 bits per heavy atom. The van der Waals surface area contributed by atoms with E-state index < -0.39 is 0 Å². The summed E-state index contributed by atoms with van der Waals surface area (Å²) >= 11 is 6.31. The second kappa shape index (κ2) is 8.87. The van der Waals surface area contributed by atoms with Crippen LogP contribution in [-0.4, -0.2) is 58.8 Å². The smallest absolute Gasteiger partial charge is 0.241 e. The number of methoxy groups -OCH3 is 1. The fraction of sp³-hybridized carbons (Fsp3) is 0.533. The Labute approximate surface area is 131 Å². The van der Waals surface area contributed by atoms with Gasteiger partial charge in [0.2, 0.25) is 5.91 Å². The monoisotopic (exact) mass is 313 g/mol. The van der Waals surface area contributed by atoms with Gasteiger partial charge in [-0.3, -0.25) is 4.79 Å². The Kier molecular flexibility index (Phi) is 7.50. The summed E-state index contributed by atoms with van der Waals surface area (Å²) < 4.78 is 4.98. The van der Waals surface area contributed by atoms with Crippen LogP contribution in [0.5, 0.6) is 0 Å². The standard InChI is InChI=1S/C15H24ClN3O2/c1-18(2)15(20)11-19(3)14-6-5-12(9-13(14)16)10-17-7-8-21-4/h5-6,9,17H,7-8,10-11H2,1-4H3. The van der Waals surface area contributed by atoms with E-state index in [4.69, 9.17) is 16.3 Å². The first-order valence-electron chi connectivity index (χ1n) is 6.85. The van der Waals surface area contributed by atoms with Gasteiger partial charge in [-0.25, -0.2) is 0 Å². The number of hydrogen-bond acceptors (Lipinski definition) is 4. The average Bonchev–Trinajstić information content (AvgIpc) is 2.43. The minimum absolute atomic E-state index is 0.0406. The van der Waals surface area contributed by atoms with Crippen molar-refractivity contribution in [1.82, 2.24) is 10.2 Å². The van der Waals surface area contributed by atoms with Crippen LogP contribution in [0.4, 0.5) is 5.69 Å². The summed E-state index contributed by atoms with van der Waals surface area (Å²) in [7, 11) is 7.02. The molecule has 1 N–H and O–H groups in total. The van der Waals surface area contributed by atoms with E-state index in [1.165, 1.54) is 0 Å². The van der Waals surface area contributed by atoms with Crippen molar-refractivity contribution >= 4 is 23.2 Å². The van der Waals surface area contributed by atoms with E-state index in [0.29, 0.717) is 18.2 Å². The van der Waals surface area contributed by atoms with Crippen molar-refractivity contribution in [1.29, 1.82) is 0 Å². The van der Waals surface area contributed by atoms with Gasteiger partial charge in [-0.2, -0.15) is 0 Å². The van der Waals surface area contributed by atoms with Crippen molar-refractivity contribution in [3.05, 3.63) is 28.8 Å². The van der Waals surface area contributed by atoms with Crippen LogP contribution in [-0.2, 0) is 16.1 Å². The predicted octanol–water partition coefficient (Wildman–Crippen LogP) is 1.60. The molecule has 5 nitrogen and oxygen atoms in total. The molecule has 0 aromatic heterocycles. The third kappa shape index (κ3) is 5.91. The molecule has 0 spiro atoms. The Morgan fingerprint density at radius 3 is 2.62 bits per heavy atom. The molecule has 1 aromatic rings. The number of amides is 1. The van der Waals surface area contributed by atoms with Crippen molar-refractivity contribution in [2.75, 3.05) is 52.8 Å². The number of ether oxygens (including phenoxy) is 1. The van der Waals surface area contributed by atoms with Gasteiger partial charge in [0.1, 0.15) is 0 Å². The molecular weight excluding hydrogens is 290 g/mol. The summed E-state index contributed by atoms with van der Waals surface area (Å²) in [6.07, 6.45) is 0. The first-order chi connectivity index (χ1) is 9.95. The minimum atomic E-state index is 0.0406. The number of benzene rings is 1. The Morgan fingerprint density at radius 1 is 1.33 bits per heavy atom. The number of carbonyl (C=O) groups excluding carboxylic acids is 1. The Balaban J connectivity index is 2.62. The summed E-state index contributed by atoms with van der Waals surface area (Å²) in [5.74, 6) is 0.0406. The summed E-state index contributed by atoms with van der Waals surface area (Å²) in [6, 6.07) is 5.88. The van der Waals surface area contributed by atoms with Gasteiger partial charge in [0, 0.05) is 41.3 Å². The number of nitrogens with one attached hydrogen (secondary N) is 1. The number of likely N-dealkylation sites (N-methyl/N-ethyl adjacent to an activating group) is 2. The van der Waals surface area contributed by atoms with Gasteiger partial charge in [0.25, 0.3) is 0 Å². The molecule has 0 aliphatic heterocycles. The molecule has 0 heterocycles. The van der Waals surface area contributed by atoms with Crippen molar-refractivity contribution < 1.29 is 9.53 Å². The summed E-state index contributed by atoms with van der Waals surface area (Å²) in [5, 5.41) is 3.92. The third-order valence-electron chi connectivity index (χ3n) is 3.11. The second-order valence-electron chi connectivity index (χ2n) is 5.10. The van der Waals surface area contributed by atoms with Crippen LogP contribution in [0, 0.1) is 0 Å². The normalized spacial score (nSPS) is 10.5. The lowest BCUT2D eigenvalue weighted by atomic mass is 10.2. The van der Waals surface area contributed by atoms with Crippen molar-refractivity contribution in [2.45, 2.75) is 6.54 Å². The minimum Gasteiger partial charge on any atom is -0.383 e. The highest BCUT2D eigenvalue weighted by atomic mass is 35.5. The highest BCUT2D eigenvalue weighted by Gasteiger charge is 2.12. The van der Waals surface area contributed by atoms with E-state index in [-0.39, 0.29) is 5.91 Å². The van der Waals surface area contributed by atoms with E-state index in [9.17, 15) is 4.79 Å². The molecule has 1 amide bonds. The summed E-state index contributed by atoms with van der Waals surface area (Å²) in [4.78, 5) is 15.1. The van der Waals surface area contributed by atoms with Crippen LogP contribution in [0.2, 0.25) is 5.02 Å². The van der Waals surface area contributed by atoms with Crippen LogP contribution in [0.3, 0.4) is 0 Å². The van der Waals surface area contributed by atoms with Crippen LogP contribution < -0.4 is 10.2 Å². The largest absolute Gasteiger partial charge is 0.383 e. The molecule has 118 valence electrons. The molecule has 0 aliphatic carbocycles. The molecule has 0 fully saturated rings. The number of hydrogen-bond donors (Lipinski definition) is 1. The van der Waals surface area contributed by atoms with Crippen molar-refractivity contribution in [3.8, 4) is 0 Å². The van der Waals surface area contributed by atoms with Crippen molar-refractivity contribution in [2.24, 2.45) is 0 Å². The topological polar surface area (TPSA) is 44.8 Å². The molecule has 1 aromatic carbocycles. The van der Waals surface area contributed by atoms with Crippen molar-refractivity contribution in [3.63, 3.8) is 0 Å². The molecule has 0 atom stereocenters. The van der Waals surface area contributed by atoms with Gasteiger partial charge in [-0.05, 0) is 17.7 Å². The lowest BCUT2D eigenvalue weighted by molar-refractivity contribution is -0.127. The molecule has 0 bridgehead atoms. The molecule has 0 unspecified atom stereocenters. The molecule has 21 heavy (non-hydrogen) atoms. The zero-order chi connectivity index (χ0) is 15.8. The number of anilines is 1. The summed E-state index contributed by atoms with van der Waals surface area (Å²) in [5.41, 5.74) is 1.96. The van der Waals surface area contributed by atoms with Gasteiger partial charge in [-0.1, -0.05) is 17.7 Å². The third-order valence-corrected chi connectivity index (χ3v) is 3.41. The fourth-order valence-electron chi connectivity index (χ4n) is 1.81. The van der Waals surface area contributed by atoms with Crippen LogP contribution in [0.15, 0.2) is 18.2 Å². The second-order valence-corrected chi connectivity index (χ2v) is 5.51. The lowest BCUT2D eigenvalue weighted by Gasteiger charge is -2.22. The van der Waals surface area contributed by atoms with E-state index in [1.807, 2.05) is 30.1 Å². The van der Waals surface area contributed by atoms with E-state index in [2.05, 4.69) is 5.32 Å². The maximum Gasteiger partial charge on any atom is 0.241 e. The molecule has 1 rings (SSSR count). The van der Waals surface area contributed by atoms with Gasteiger partial charge in [0.05, 0.1) is 23.9 Å². The van der Waals surface area contributed by atoms with Gasteiger partial charge in [-0.15, -0.1) is 0 Å². The predicted molar refractivity (Wildman–Crippen MR) is 87.0 cm³/mol. The zero-order valence-corrected chi connectivity index (χ0v) is 13.9. The van der Waals surface area contributed by atoms with E-state index >= 15 is 0 Å². The van der Waals surface area contributed by atoms with Gasteiger partial charge in [0.15, 0.2) is 0 Å². The maximum absolute atomic E-state index is 11.7. The number of rotatable bonds is 8. The Bertz CT molecular complexity index is 466. The molecule has 0 aliphatic rings. The number of carbonyl (C=O) groups is 1. The maximum atomic E-state index is 11.7. The fourth-order valence-corrected chi connectivity index (χ4v) is 2.15. The molecular formula is C15H24ClN3O2. The van der Waals surface area contributed by atoms with Gasteiger partial charge < -0.3 is 19.9 Å². The highest BCUT2D eigenvalue weighted by Crippen LogP contribution is 2.26. The first-order valence-corrected chi connectivity index (χ1v) is 7.23. The van der Waals surface area contributed by atoms with E-state index in [1.54, 1.807) is 26.1 Å². The van der Waals surface area contributed by atoms with E-state index in [0.717, 1.165) is 24.3 Å². The number of halogens is 1. The van der Waals surface area contributed by atoms with Crippen LogP contribution in [0.1, 0.15) is 5.56 Å². The highest BCUT2D eigenvalue weighted by molar-refractivity contribution is 6.33. The summed E-state index contributed by atoms with van der Waals surface area (Å²) in [6.45, 7) is 2.52. The van der Waals surface area contributed by atoms with Crippen LogP contribution >= 0.6 is 11.6 Å². The van der Waals surface area contributed by atoms with Gasteiger partial charge >= 0.3 is 0 Å². The zero-order valence-electron chi connectivity index (χ0n) is 13.1. The molecule has 0 saturated carbocycles. The quantitative estimate of drug-likeness (QED) is 0.741. The van der Waals surface area contributed by atoms with Crippen LogP contribution in [0.25, 0.3) is 0 Å². The Hall–Kier alpha value is -1.30. The number of nitrogens with zero attached hydrogens (tertiary/aromatic N) is 2. The molecule has 6 heteroatoms. The SMILES string of the molecule is COCCNCc1ccc(N(C)CC(=O)N(C)C)c(Cl)c1.